The third kappa shape index (κ3) is 3.68. The van der Waals surface area contributed by atoms with Gasteiger partial charge in [-0.15, -0.1) is 0 Å². The van der Waals surface area contributed by atoms with Gasteiger partial charge in [-0.2, -0.15) is 0 Å². The van der Waals surface area contributed by atoms with E-state index < -0.39 is 28.7 Å². The third-order valence-electron chi connectivity index (χ3n) is 5.57. The zero-order valence-electron chi connectivity index (χ0n) is 18.3. The number of ether oxygens (including phenoxy) is 3. The van der Waals surface area contributed by atoms with Crippen LogP contribution in [0.3, 0.4) is 0 Å². The second-order valence-corrected chi connectivity index (χ2v) is 9.14. The van der Waals surface area contributed by atoms with Crippen LogP contribution in [-0.4, -0.2) is 35.3 Å². The molecule has 1 aliphatic carbocycles. The van der Waals surface area contributed by atoms with Crippen molar-refractivity contribution < 1.29 is 28.2 Å². The third-order valence-corrected chi connectivity index (χ3v) is 5.57. The molecule has 0 radical (unpaired) electrons. The van der Waals surface area contributed by atoms with Crippen LogP contribution in [0.5, 0.6) is 5.75 Å². The predicted molar refractivity (Wildman–Crippen MR) is 111 cm³/mol. The van der Waals surface area contributed by atoms with E-state index in [1.165, 1.54) is 6.20 Å². The molecule has 31 heavy (non-hydrogen) atoms. The monoisotopic (exact) mass is 431 g/mol. The van der Waals surface area contributed by atoms with Gasteiger partial charge >= 0.3 is 11.9 Å². The summed E-state index contributed by atoms with van der Waals surface area (Å²) in [6, 6.07) is 0.963. The van der Waals surface area contributed by atoms with Gasteiger partial charge in [-0.05, 0) is 47.1 Å². The summed E-state index contributed by atoms with van der Waals surface area (Å²) >= 11 is 0. The number of esters is 2. The van der Waals surface area contributed by atoms with Gasteiger partial charge in [-0.25, -0.2) is 9.18 Å². The number of nitrogens with zero attached hydrogens (tertiary/aromatic N) is 1. The molecule has 2 heterocycles. The number of hydrogen-bond donors (Lipinski definition) is 0. The van der Waals surface area contributed by atoms with Crippen molar-refractivity contribution in [2.24, 2.45) is 5.92 Å². The van der Waals surface area contributed by atoms with Gasteiger partial charge in [-0.1, -0.05) is 0 Å². The molecule has 0 bridgehead atoms. The zero-order chi connectivity index (χ0) is 22.7. The molecule has 0 saturated heterocycles. The maximum absolute atomic E-state index is 15.2. The lowest BCUT2D eigenvalue weighted by atomic mass is 10.00. The highest BCUT2D eigenvalue weighted by atomic mass is 19.1. The molecular weight excluding hydrogens is 405 g/mol. The van der Waals surface area contributed by atoms with Crippen molar-refractivity contribution in [1.29, 1.82) is 0 Å². The van der Waals surface area contributed by atoms with E-state index in [2.05, 4.69) is 0 Å². The molecule has 1 aromatic heterocycles. The topological polar surface area (TPSA) is 83.8 Å². The minimum Gasteiger partial charge on any atom is -0.489 e. The number of carbonyl (C=O) groups excluding carboxylic acids is 2. The average Bonchev–Trinajstić information content (AvgIpc) is 3.45. The molecule has 2 unspecified atom stereocenters. The average molecular weight is 431 g/mol. The number of aromatic nitrogens is 1. The summed E-state index contributed by atoms with van der Waals surface area (Å²) in [6.45, 7) is 9.25. The van der Waals surface area contributed by atoms with Crippen LogP contribution in [-0.2, 0) is 14.3 Å². The first-order chi connectivity index (χ1) is 14.5. The smallest absolute Gasteiger partial charge is 0.343 e. The van der Waals surface area contributed by atoms with Crippen LogP contribution in [0.1, 0.15) is 68.9 Å². The molecule has 166 valence electrons. The maximum atomic E-state index is 15.2. The molecule has 0 amide bonds. The van der Waals surface area contributed by atoms with Crippen molar-refractivity contribution in [2.75, 3.05) is 13.2 Å². The zero-order valence-corrected chi connectivity index (χ0v) is 18.3. The van der Waals surface area contributed by atoms with Gasteiger partial charge in [0.15, 0.2) is 0 Å². The highest BCUT2D eigenvalue weighted by Gasteiger charge is 2.49. The van der Waals surface area contributed by atoms with Crippen molar-refractivity contribution in [2.45, 2.75) is 58.6 Å². The number of halogens is 1. The normalized spacial score (nSPS) is 22.1. The van der Waals surface area contributed by atoms with Gasteiger partial charge in [0, 0.05) is 17.7 Å². The summed E-state index contributed by atoms with van der Waals surface area (Å²) in [5.41, 5.74) is -0.653. The first-order valence-corrected chi connectivity index (χ1v) is 10.5. The van der Waals surface area contributed by atoms with Gasteiger partial charge in [0.05, 0.1) is 29.5 Å². The number of pyridine rings is 1. The molecule has 1 saturated carbocycles. The number of benzene rings is 1. The van der Waals surface area contributed by atoms with E-state index in [4.69, 9.17) is 14.2 Å². The molecule has 2 aliphatic rings. The first-order valence-electron chi connectivity index (χ1n) is 10.5. The number of carbonyl (C=O) groups is 2. The molecule has 4 rings (SSSR count). The van der Waals surface area contributed by atoms with Crippen LogP contribution in [0.25, 0.3) is 10.9 Å². The van der Waals surface area contributed by atoms with E-state index in [0.717, 1.165) is 6.07 Å². The second kappa shape index (κ2) is 7.35. The molecule has 1 aromatic carbocycles. The fraction of sp³-hybridized carbons (Fsp3) is 0.522. The van der Waals surface area contributed by atoms with E-state index in [0.29, 0.717) is 11.9 Å². The van der Waals surface area contributed by atoms with Crippen molar-refractivity contribution in [3.63, 3.8) is 0 Å². The lowest BCUT2D eigenvalue weighted by Gasteiger charge is -2.29. The van der Waals surface area contributed by atoms with Gasteiger partial charge in [0.25, 0.3) is 0 Å². The lowest BCUT2D eigenvalue weighted by molar-refractivity contribution is -0.156. The molecular formula is C23H26FNO6. The van der Waals surface area contributed by atoms with Gasteiger partial charge in [-0.3, -0.25) is 9.59 Å². The van der Waals surface area contributed by atoms with Gasteiger partial charge in [0.2, 0.25) is 5.43 Å². The molecule has 8 heteroatoms. The van der Waals surface area contributed by atoms with Crippen LogP contribution in [0.4, 0.5) is 4.39 Å². The second-order valence-electron chi connectivity index (χ2n) is 9.14. The molecule has 2 aromatic rings. The van der Waals surface area contributed by atoms with E-state index in [9.17, 15) is 14.4 Å². The molecule has 1 fully saturated rings. The van der Waals surface area contributed by atoms with Crippen LogP contribution in [0, 0.1) is 11.7 Å². The Labute approximate surface area is 179 Å². The Morgan fingerprint density at radius 2 is 2.03 bits per heavy atom. The van der Waals surface area contributed by atoms with Crippen LogP contribution in [0.2, 0.25) is 0 Å². The van der Waals surface area contributed by atoms with Crippen LogP contribution >= 0.6 is 0 Å². The summed E-state index contributed by atoms with van der Waals surface area (Å²) < 4.78 is 33.3. The van der Waals surface area contributed by atoms with Crippen molar-refractivity contribution in [3.8, 4) is 5.75 Å². The molecule has 1 aliphatic heterocycles. The summed E-state index contributed by atoms with van der Waals surface area (Å²) in [7, 11) is 0. The number of hydrogen-bond acceptors (Lipinski definition) is 6. The van der Waals surface area contributed by atoms with Crippen molar-refractivity contribution in [1.82, 2.24) is 4.57 Å². The largest absolute Gasteiger partial charge is 0.489 e. The Bertz CT molecular complexity index is 1150. The lowest BCUT2D eigenvalue weighted by Crippen LogP contribution is -2.28. The molecule has 7 nitrogen and oxygen atoms in total. The highest BCUT2D eigenvalue weighted by Crippen LogP contribution is 2.54. The summed E-state index contributed by atoms with van der Waals surface area (Å²) in [4.78, 5) is 37.7. The first kappa shape index (κ1) is 21.3. The van der Waals surface area contributed by atoms with Gasteiger partial charge in [0.1, 0.15) is 29.3 Å². The molecule has 3 atom stereocenters. The maximum Gasteiger partial charge on any atom is 0.343 e. The van der Waals surface area contributed by atoms with E-state index in [1.807, 2.05) is 6.92 Å². The predicted octanol–water partition coefficient (Wildman–Crippen LogP) is 3.72. The van der Waals surface area contributed by atoms with Gasteiger partial charge < -0.3 is 18.8 Å². The Morgan fingerprint density at radius 3 is 2.68 bits per heavy atom. The van der Waals surface area contributed by atoms with E-state index >= 15 is 4.39 Å². The Kier molecular flexibility index (Phi) is 5.06. The number of rotatable bonds is 4. The van der Waals surface area contributed by atoms with Crippen LogP contribution < -0.4 is 10.2 Å². The molecule has 0 N–H and O–H groups in total. The Morgan fingerprint density at radius 1 is 1.32 bits per heavy atom. The minimum atomic E-state index is -0.741. The minimum absolute atomic E-state index is 0.0582. The van der Waals surface area contributed by atoms with Crippen molar-refractivity contribution in [3.05, 3.63) is 39.4 Å². The van der Waals surface area contributed by atoms with Crippen LogP contribution in [0.15, 0.2) is 17.1 Å². The SMILES string of the molecule is CCOC(=O)c1cn2c3c(c(C4CC4C(=O)OC(C)(C)C)c(F)cc3c1=O)OC[C@@H]2C. The summed E-state index contributed by atoms with van der Waals surface area (Å²) in [6.07, 6.45) is 1.91. The van der Waals surface area contributed by atoms with E-state index in [1.54, 1.807) is 32.3 Å². The quantitative estimate of drug-likeness (QED) is 0.686. The summed E-state index contributed by atoms with van der Waals surface area (Å²) in [5.74, 6) is -2.31. The fourth-order valence-electron chi connectivity index (χ4n) is 4.10. The van der Waals surface area contributed by atoms with Crippen molar-refractivity contribution >= 4 is 22.8 Å². The molecule has 0 spiro atoms. The highest BCUT2D eigenvalue weighted by molar-refractivity contribution is 5.96. The standard InChI is InChI=1S/C23H26FNO6/c1-6-29-21(27)15-9-25-11(2)10-30-20-17(16(24)8-14(18(20)25)19(15)26)12-7-13(12)22(28)31-23(3,4)5/h8-9,11-13H,6-7,10H2,1-5H3/t11-,12?,13?/m0/s1. The van der Waals surface area contributed by atoms with E-state index in [-0.39, 0.29) is 53.4 Å². The Hall–Kier alpha value is -2.90. The Balaban J connectivity index is 1.84. The fourth-order valence-corrected chi connectivity index (χ4v) is 4.10. The summed E-state index contributed by atoms with van der Waals surface area (Å²) in [5, 5.41) is 0.0582.